The van der Waals surface area contributed by atoms with Gasteiger partial charge in [-0.25, -0.2) is 8.42 Å². The predicted molar refractivity (Wildman–Crippen MR) is 35.0 cm³/mol. The molecule has 0 aromatic heterocycles. The standard InChI is InChI=1S/C5H8O3S/c1-4(2)5(6)3-9(7)8/h9H,1,3H2,2H3. The maximum atomic E-state index is 10.5. The van der Waals surface area contributed by atoms with Gasteiger partial charge in [0.2, 0.25) is 0 Å². The molecule has 0 spiro atoms. The third-order valence-electron chi connectivity index (χ3n) is 0.749. The van der Waals surface area contributed by atoms with E-state index in [1.807, 2.05) is 0 Å². The van der Waals surface area contributed by atoms with Gasteiger partial charge in [0, 0.05) is 0 Å². The molecule has 0 saturated heterocycles. The van der Waals surface area contributed by atoms with E-state index < -0.39 is 22.2 Å². The maximum Gasteiger partial charge on any atom is 0.172 e. The van der Waals surface area contributed by atoms with Gasteiger partial charge >= 0.3 is 0 Å². The molecule has 4 heteroatoms. The number of hydrogen-bond acceptors (Lipinski definition) is 3. The van der Waals surface area contributed by atoms with Crippen LogP contribution in [0.3, 0.4) is 0 Å². The topological polar surface area (TPSA) is 51.2 Å². The van der Waals surface area contributed by atoms with Gasteiger partial charge in [-0.05, 0) is 12.5 Å². The van der Waals surface area contributed by atoms with Crippen LogP contribution in [0.15, 0.2) is 12.2 Å². The Balaban J connectivity index is 3.94. The largest absolute Gasteiger partial charge is 0.293 e. The summed E-state index contributed by atoms with van der Waals surface area (Å²) in [5.41, 5.74) is 0.286. The first-order valence-electron chi connectivity index (χ1n) is 2.34. The molecule has 3 nitrogen and oxygen atoms in total. The monoisotopic (exact) mass is 148 g/mol. The van der Waals surface area contributed by atoms with Crippen molar-refractivity contribution in [2.75, 3.05) is 5.75 Å². The zero-order valence-electron chi connectivity index (χ0n) is 5.09. The van der Waals surface area contributed by atoms with Crippen LogP contribution in [0.4, 0.5) is 0 Å². The van der Waals surface area contributed by atoms with Gasteiger partial charge in [0.1, 0.15) is 16.5 Å². The highest BCUT2D eigenvalue weighted by atomic mass is 32.2. The summed E-state index contributed by atoms with van der Waals surface area (Å²) in [6, 6.07) is 0. The molecule has 0 saturated carbocycles. The molecule has 0 aliphatic heterocycles. The van der Waals surface area contributed by atoms with Gasteiger partial charge in [-0.1, -0.05) is 6.58 Å². The zero-order chi connectivity index (χ0) is 7.44. The fraction of sp³-hybridized carbons (Fsp3) is 0.400. The Kier molecular flexibility index (Phi) is 3.16. The third-order valence-corrected chi connectivity index (χ3v) is 1.29. The van der Waals surface area contributed by atoms with Crippen molar-refractivity contribution in [2.24, 2.45) is 0 Å². The van der Waals surface area contributed by atoms with Gasteiger partial charge < -0.3 is 0 Å². The number of carbonyl (C=O) groups excluding carboxylic acids is 1. The average molecular weight is 148 g/mol. The van der Waals surface area contributed by atoms with Crippen LogP contribution in [0.25, 0.3) is 0 Å². The van der Waals surface area contributed by atoms with E-state index in [0.717, 1.165) is 0 Å². The van der Waals surface area contributed by atoms with E-state index in [-0.39, 0.29) is 5.57 Å². The molecule has 0 aromatic carbocycles. The minimum absolute atomic E-state index is 0.286. The van der Waals surface area contributed by atoms with Crippen LogP contribution in [0.2, 0.25) is 0 Å². The molecule has 0 aliphatic carbocycles. The summed E-state index contributed by atoms with van der Waals surface area (Å²) in [6.45, 7) is 4.78. The molecule has 0 N–H and O–H groups in total. The van der Waals surface area contributed by atoms with Crippen molar-refractivity contribution in [3.05, 3.63) is 12.2 Å². The Hall–Kier alpha value is -0.640. The number of allylic oxidation sites excluding steroid dienone is 1. The van der Waals surface area contributed by atoms with Crippen molar-refractivity contribution in [1.82, 2.24) is 0 Å². The van der Waals surface area contributed by atoms with Crippen LogP contribution in [0.5, 0.6) is 0 Å². The van der Waals surface area contributed by atoms with Crippen LogP contribution in [0.1, 0.15) is 6.92 Å². The van der Waals surface area contributed by atoms with E-state index in [0.29, 0.717) is 0 Å². The van der Waals surface area contributed by atoms with Crippen molar-refractivity contribution >= 4 is 16.5 Å². The second-order valence-corrected chi connectivity index (χ2v) is 2.68. The average Bonchev–Trinajstić information content (AvgIpc) is 1.63. The summed E-state index contributed by atoms with van der Waals surface area (Å²) in [4.78, 5) is 10.5. The van der Waals surface area contributed by atoms with Crippen molar-refractivity contribution in [3.8, 4) is 0 Å². The lowest BCUT2D eigenvalue weighted by Crippen LogP contribution is -2.05. The first kappa shape index (κ1) is 8.36. The highest BCUT2D eigenvalue weighted by molar-refractivity contribution is 7.73. The molecule has 9 heavy (non-hydrogen) atoms. The highest BCUT2D eigenvalue weighted by Crippen LogP contribution is 1.88. The summed E-state index contributed by atoms with van der Waals surface area (Å²) in [6.07, 6.45) is 0. The van der Waals surface area contributed by atoms with E-state index in [9.17, 15) is 13.2 Å². The molecule has 0 fully saturated rings. The number of ketones is 1. The van der Waals surface area contributed by atoms with E-state index in [2.05, 4.69) is 6.58 Å². The Labute approximate surface area is 55.3 Å². The number of carbonyl (C=O) groups is 1. The SMILES string of the molecule is C=C(C)C(=O)C[SH](=O)=O. The minimum Gasteiger partial charge on any atom is -0.293 e. The molecule has 0 heterocycles. The smallest absolute Gasteiger partial charge is 0.172 e. The number of Topliss-reactive ketones (excluding diaryl/α,β-unsaturated/α-hetero) is 1. The fourth-order valence-electron chi connectivity index (χ4n) is 0.252. The van der Waals surface area contributed by atoms with Gasteiger partial charge in [-0.15, -0.1) is 0 Å². The van der Waals surface area contributed by atoms with Gasteiger partial charge in [0.15, 0.2) is 5.78 Å². The third kappa shape index (κ3) is 3.90. The maximum absolute atomic E-state index is 10.5. The molecule has 0 bridgehead atoms. The Bertz CT molecular complexity index is 194. The molecule has 0 rings (SSSR count). The number of thiol groups is 1. The molecule has 0 aromatic rings. The van der Waals surface area contributed by atoms with Crippen molar-refractivity contribution in [2.45, 2.75) is 6.92 Å². The molecule has 0 amide bonds. The Morgan fingerprint density at radius 1 is 1.56 bits per heavy atom. The van der Waals surface area contributed by atoms with E-state index in [1.165, 1.54) is 6.92 Å². The summed E-state index contributed by atoms with van der Waals surface area (Å²) in [7, 11) is -2.58. The van der Waals surface area contributed by atoms with Crippen LogP contribution in [-0.2, 0) is 15.5 Å². The number of rotatable bonds is 3. The molecule has 0 unspecified atom stereocenters. The van der Waals surface area contributed by atoms with Crippen molar-refractivity contribution in [3.63, 3.8) is 0 Å². The van der Waals surface area contributed by atoms with Crippen LogP contribution >= 0.6 is 0 Å². The Morgan fingerprint density at radius 3 is 2.11 bits per heavy atom. The van der Waals surface area contributed by atoms with Gasteiger partial charge in [-0.3, -0.25) is 4.79 Å². The molecule has 0 radical (unpaired) electrons. The fourth-order valence-corrected chi connectivity index (χ4v) is 0.757. The van der Waals surface area contributed by atoms with Crippen LogP contribution in [0, 0.1) is 0 Å². The lowest BCUT2D eigenvalue weighted by atomic mass is 10.2. The predicted octanol–water partition coefficient (Wildman–Crippen LogP) is -0.257. The second-order valence-electron chi connectivity index (χ2n) is 1.69. The molecule has 52 valence electrons. The van der Waals surface area contributed by atoms with Gasteiger partial charge in [0.05, 0.1) is 0 Å². The van der Waals surface area contributed by atoms with Gasteiger partial charge in [0.25, 0.3) is 0 Å². The van der Waals surface area contributed by atoms with Crippen LogP contribution in [-0.4, -0.2) is 20.0 Å². The summed E-state index contributed by atoms with van der Waals surface area (Å²) >= 11 is 0. The van der Waals surface area contributed by atoms with E-state index in [4.69, 9.17) is 0 Å². The normalized spacial score (nSPS) is 9.56. The summed E-state index contributed by atoms with van der Waals surface area (Å²) < 4.78 is 19.8. The summed E-state index contributed by atoms with van der Waals surface area (Å²) in [5.74, 6) is -0.823. The minimum atomic E-state index is -2.58. The van der Waals surface area contributed by atoms with Gasteiger partial charge in [-0.2, -0.15) is 0 Å². The second kappa shape index (κ2) is 3.40. The molecule has 0 aliphatic rings. The molecule has 0 atom stereocenters. The van der Waals surface area contributed by atoms with Crippen molar-refractivity contribution < 1.29 is 13.2 Å². The van der Waals surface area contributed by atoms with Crippen LogP contribution < -0.4 is 0 Å². The van der Waals surface area contributed by atoms with E-state index >= 15 is 0 Å². The Morgan fingerprint density at radius 2 is 2.00 bits per heavy atom. The first-order chi connectivity index (χ1) is 4.04. The lowest BCUT2D eigenvalue weighted by Gasteiger charge is -1.88. The quantitative estimate of drug-likeness (QED) is 0.443. The molecular weight excluding hydrogens is 140 g/mol. The van der Waals surface area contributed by atoms with Crippen molar-refractivity contribution in [1.29, 1.82) is 0 Å². The number of hydrogen-bond donors (Lipinski definition) is 1. The lowest BCUT2D eigenvalue weighted by molar-refractivity contribution is -0.113. The highest BCUT2D eigenvalue weighted by Gasteiger charge is 2.01. The zero-order valence-corrected chi connectivity index (χ0v) is 5.98. The summed E-state index contributed by atoms with van der Waals surface area (Å²) in [5, 5.41) is 0. The molecular formula is C5H8O3S. The van der Waals surface area contributed by atoms with E-state index in [1.54, 1.807) is 0 Å². The first-order valence-corrected chi connectivity index (χ1v) is 3.71.